The largest absolute Gasteiger partial charge is 0.469 e. The molecule has 1 aromatic heterocycles. The van der Waals surface area contributed by atoms with Crippen LogP contribution in [0.4, 0.5) is 0 Å². The van der Waals surface area contributed by atoms with Gasteiger partial charge in [0.25, 0.3) is 0 Å². The highest BCUT2D eigenvalue weighted by atomic mass is 32.2. The molecule has 27 heavy (non-hydrogen) atoms. The van der Waals surface area contributed by atoms with Crippen molar-refractivity contribution in [2.45, 2.75) is 44.8 Å². The van der Waals surface area contributed by atoms with Gasteiger partial charge in [-0.2, -0.15) is 0 Å². The van der Waals surface area contributed by atoms with Crippen LogP contribution in [0.3, 0.4) is 0 Å². The Morgan fingerprint density at radius 2 is 2.00 bits per heavy atom. The minimum absolute atomic E-state index is 0.0545. The van der Waals surface area contributed by atoms with Crippen molar-refractivity contribution in [1.82, 2.24) is 20.1 Å². The van der Waals surface area contributed by atoms with E-state index in [1.807, 2.05) is 42.7 Å². The third kappa shape index (κ3) is 6.09. The summed E-state index contributed by atoms with van der Waals surface area (Å²) in [5, 5.41) is 12.2. The summed E-state index contributed by atoms with van der Waals surface area (Å²) in [7, 11) is 1.38. The van der Waals surface area contributed by atoms with Crippen LogP contribution in [0.2, 0.25) is 0 Å². The zero-order valence-electron chi connectivity index (χ0n) is 16.0. The molecule has 0 aliphatic heterocycles. The van der Waals surface area contributed by atoms with Gasteiger partial charge in [0, 0.05) is 25.1 Å². The molecule has 1 amide bonds. The predicted molar refractivity (Wildman–Crippen MR) is 105 cm³/mol. The van der Waals surface area contributed by atoms with Gasteiger partial charge in [0.1, 0.15) is 0 Å². The normalized spacial score (nSPS) is 10.6. The van der Waals surface area contributed by atoms with Gasteiger partial charge in [-0.05, 0) is 32.3 Å². The molecule has 0 atom stereocenters. The molecule has 0 aliphatic carbocycles. The highest BCUT2D eigenvalue weighted by Crippen LogP contribution is 2.26. The fourth-order valence-electron chi connectivity index (χ4n) is 2.61. The topological polar surface area (TPSA) is 86.1 Å². The highest BCUT2D eigenvalue weighted by molar-refractivity contribution is 7.99. The lowest BCUT2D eigenvalue weighted by Gasteiger charge is -2.09. The molecule has 7 nitrogen and oxygen atoms in total. The van der Waals surface area contributed by atoms with Crippen LogP contribution < -0.4 is 5.32 Å². The second kappa shape index (κ2) is 10.7. The Morgan fingerprint density at radius 1 is 1.22 bits per heavy atom. The van der Waals surface area contributed by atoms with Gasteiger partial charge in [-0.3, -0.25) is 9.59 Å². The molecular formula is C19H26N4O3S. The molecular weight excluding hydrogens is 364 g/mol. The first-order chi connectivity index (χ1) is 13.1. The van der Waals surface area contributed by atoms with E-state index in [2.05, 4.69) is 20.3 Å². The molecule has 0 fully saturated rings. The Labute approximate surface area is 163 Å². The van der Waals surface area contributed by atoms with Crippen molar-refractivity contribution in [2.24, 2.45) is 0 Å². The third-order valence-electron chi connectivity index (χ3n) is 4.11. The van der Waals surface area contributed by atoms with Crippen molar-refractivity contribution in [3.05, 3.63) is 29.8 Å². The number of aryl methyl sites for hydroxylation is 1. The number of nitrogens with one attached hydrogen (secondary N) is 1. The summed E-state index contributed by atoms with van der Waals surface area (Å²) in [4.78, 5) is 23.0. The number of rotatable bonds is 10. The molecule has 0 unspecified atom stereocenters. The fourth-order valence-corrected chi connectivity index (χ4v) is 3.44. The first kappa shape index (κ1) is 21.0. The number of carbonyl (C=O) groups is 2. The molecule has 0 aliphatic rings. The highest BCUT2D eigenvalue weighted by Gasteiger charge is 2.15. The molecule has 0 radical (unpaired) electrons. The first-order valence-electron chi connectivity index (χ1n) is 9.02. The zero-order valence-corrected chi connectivity index (χ0v) is 16.8. The number of benzene rings is 1. The Bertz CT molecular complexity index is 776. The number of aromatic nitrogens is 3. The van der Waals surface area contributed by atoms with Crippen LogP contribution >= 0.6 is 11.8 Å². The third-order valence-corrected chi connectivity index (χ3v) is 5.08. The van der Waals surface area contributed by atoms with Gasteiger partial charge in [-0.1, -0.05) is 36.0 Å². The lowest BCUT2D eigenvalue weighted by atomic mass is 10.1. The maximum Gasteiger partial charge on any atom is 0.305 e. The van der Waals surface area contributed by atoms with E-state index in [0.717, 1.165) is 35.1 Å². The molecule has 0 saturated carbocycles. The lowest BCUT2D eigenvalue weighted by molar-refractivity contribution is -0.140. The summed E-state index contributed by atoms with van der Waals surface area (Å²) in [5.74, 6) is 0.825. The van der Waals surface area contributed by atoms with E-state index in [4.69, 9.17) is 0 Å². The molecule has 1 aromatic carbocycles. The molecule has 1 heterocycles. The summed E-state index contributed by atoms with van der Waals surface area (Å²) in [6.45, 7) is 5.36. The van der Waals surface area contributed by atoms with Crippen molar-refractivity contribution in [3.8, 4) is 11.4 Å². The maximum atomic E-state index is 12.0. The average molecular weight is 391 g/mol. The summed E-state index contributed by atoms with van der Waals surface area (Å²) < 4.78 is 6.61. The average Bonchev–Trinajstić information content (AvgIpc) is 3.08. The van der Waals surface area contributed by atoms with Crippen LogP contribution in [0.5, 0.6) is 0 Å². The fraction of sp³-hybridized carbons (Fsp3) is 0.474. The number of ether oxygens (including phenoxy) is 1. The molecule has 8 heteroatoms. The SMILES string of the molecule is CCn1c(SCC(=O)NCCCCC(=O)OC)nnc1-c1ccccc1C. The van der Waals surface area contributed by atoms with Crippen molar-refractivity contribution < 1.29 is 14.3 Å². The van der Waals surface area contributed by atoms with Gasteiger partial charge in [-0.25, -0.2) is 0 Å². The van der Waals surface area contributed by atoms with Crippen molar-refractivity contribution >= 4 is 23.6 Å². The monoisotopic (exact) mass is 390 g/mol. The molecule has 146 valence electrons. The summed E-state index contributed by atoms with van der Waals surface area (Å²) in [6, 6.07) is 8.06. The van der Waals surface area contributed by atoms with Crippen LogP contribution in [-0.4, -0.2) is 46.0 Å². The molecule has 0 saturated heterocycles. The Morgan fingerprint density at radius 3 is 2.70 bits per heavy atom. The van der Waals surface area contributed by atoms with Gasteiger partial charge in [-0.15, -0.1) is 10.2 Å². The lowest BCUT2D eigenvalue weighted by Crippen LogP contribution is -2.26. The maximum absolute atomic E-state index is 12.0. The Hall–Kier alpha value is -2.35. The summed E-state index contributed by atoms with van der Waals surface area (Å²) >= 11 is 1.38. The first-order valence-corrected chi connectivity index (χ1v) is 10.0. The molecule has 2 aromatic rings. The number of unbranched alkanes of at least 4 members (excludes halogenated alkanes) is 1. The van der Waals surface area contributed by atoms with E-state index in [0.29, 0.717) is 19.4 Å². The Kier molecular flexibility index (Phi) is 8.32. The van der Waals surface area contributed by atoms with Crippen LogP contribution in [0.1, 0.15) is 31.7 Å². The standard InChI is InChI=1S/C19H26N4O3S/c1-4-23-18(15-10-6-5-9-14(15)2)21-22-19(23)27-13-16(24)20-12-8-7-11-17(25)26-3/h5-6,9-10H,4,7-8,11-13H2,1-3H3,(H,20,24). The molecule has 2 rings (SSSR count). The van der Waals surface area contributed by atoms with E-state index >= 15 is 0 Å². The number of thioether (sulfide) groups is 1. The number of hydrogen-bond donors (Lipinski definition) is 1. The van der Waals surface area contributed by atoms with Crippen molar-refractivity contribution in [1.29, 1.82) is 0 Å². The van der Waals surface area contributed by atoms with Gasteiger partial charge >= 0.3 is 5.97 Å². The number of esters is 1. The number of nitrogens with zero attached hydrogens (tertiary/aromatic N) is 3. The van der Waals surface area contributed by atoms with E-state index in [-0.39, 0.29) is 17.6 Å². The molecule has 0 bridgehead atoms. The van der Waals surface area contributed by atoms with Gasteiger partial charge < -0.3 is 14.6 Å². The number of hydrogen-bond acceptors (Lipinski definition) is 6. The minimum atomic E-state index is -0.222. The van der Waals surface area contributed by atoms with E-state index in [1.165, 1.54) is 18.9 Å². The minimum Gasteiger partial charge on any atom is -0.469 e. The second-order valence-electron chi connectivity index (χ2n) is 6.04. The van der Waals surface area contributed by atoms with Crippen LogP contribution in [0.15, 0.2) is 29.4 Å². The number of carbonyl (C=O) groups excluding carboxylic acids is 2. The van der Waals surface area contributed by atoms with Crippen LogP contribution in [0.25, 0.3) is 11.4 Å². The molecule has 0 spiro atoms. The van der Waals surface area contributed by atoms with Gasteiger partial charge in [0.05, 0.1) is 12.9 Å². The zero-order chi connectivity index (χ0) is 19.6. The van der Waals surface area contributed by atoms with E-state index in [1.54, 1.807) is 0 Å². The second-order valence-corrected chi connectivity index (χ2v) is 6.98. The quantitative estimate of drug-likeness (QED) is 0.381. The number of amides is 1. The van der Waals surface area contributed by atoms with Crippen LogP contribution in [0, 0.1) is 6.92 Å². The van der Waals surface area contributed by atoms with Crippen molar-refractivity contribution in [2.75, 3.05) is 19.4 Å². The summed E-state index contributed by atoms with van der Waals surface area (Å²) in [5.41, 5.74) is 2.19. The van der Waals surface area contributed by atoms with E-state index in [9.17, 15) is 9.59 Å². The summed E-state index contributed by atoms with van der Waals surface area (Å²) in [6.07, 6.45) is 1.82. The smallest absolute Gasteiger partial charge is 0.305 e. The van der Waals surface area contributed by atoms with Crippen molar-refractivity contribution in [3.63, 3.8) is 0 Å². The van der Waals surface area contributed by atoms with Gasteiger partial charge in [0.15, 0.2) is 11.0 Å². The molecule has 1 N–H and O–H groups in total. The Balaban J connectivity index is 1.85. The van der Waals surface area contributed by atoms with E-state index < -0.39 is 0 Å². The van der Waals surface area contributed by atoms with Crippen LogP contribution in [-0.2, 0) is 20.9 Å². The number of methoxy groups -OCH3 is 1. The van der Waals surface area contributed by atoms with Gasteiger partial charge in [0.2, 0.25) is 5.91 Å². The predicted octanol–water partition coefficient (Wildman–Crippen LogP) is 2.83.